The number of furan rings is 1. The van der Waals surface area contributed by atoms with Crippen molar-refractivity contribution in [3.63, 3.8) is 0 Å². The third kappa shape index (κ3) is 4.08. The standard InChI is InChI=1S/C22H16N4O3/c1-15-8-10-16(11-9-15)19-13-20(18-6-2-3-7-21(18)26(27)28)25-22(24-19)23-14-17-5-4-12-29-17/h2-14H,1H3/b23-14-. The summed E-state index contributed by atoms with van der Waals surface area (Å²) >= 11 is 0. The van der Waals surface area contributed by atoms with Gasteiger partial charge in [-0.2, -0.15) is 0 Å². The van der Waals surface area contributed by atoms with Crippen molar-refractivity contribution >= 4 is 17.9 Å². The summed E-state index contributed by atoms with van der Waals surface area (Å²) < 4.78 is 5.25. The topological polar surface area (TPSA) is 94.4 Å². The Balaban J connectivity index is 1.86. The Bertz CT molecular complexity index is 1180. The number of benzene rings is 2. The number of aliphatic imine (C=N–C) groups is 1. The van der Waals surface area contributed by atoms with E-state index < -0.39 is 4.92 Å². The van der Waals surface area contributed by atoms with Crippen LogP contribution in [0.1, 0.15) is 11.3 Å². The molecule has 0 radical (unpaired) electrons. The predicted molar refractivity (Wildman–Crippen MR) is 110 cm³/mol. The molecule has 0 spiro atoms. The molecule has 0 aliphatic carbocycles. The zero-order chi connectivity index (χ0) is 20.2. The predicted octanol–water partition coefficient (Wildman–Crippen LogP) is 5.37. The second-order valence-corrected chi connectivity index (χ2v) is 6.35. The summed E-state index contributed by atoms with van der Waals surface area (Å²) in [4.78, 5) is 24.3. The molecule has 0 aliphatic heterocycles. The second kappa shape index (κ2) is 7.85. The summed E-state index contributed by atoms with van der Waals surface area (Å²) in [5, 5.41) is 11.5. The van der Waals surface area contributed by atoms with Crippen LogP contribution in [0, 0.1) is 17.0 Å². The normalized spacial score (nSPS) is 11.1. The summed E-state index contributed by atoms with van der Waals surface area (Å²) in [5.41, 5.74) is 3.42. The number of nitrogens with zero attached hydrogens (tertiary/aromatic N) is 4. The lowest BCUT2D eigenvalue weighted by molar-refractivity contribution is -0.384. The highest BCUT2D eigenvalue weighted by Crippen LogP contribution is 2.31. The van der Waals surface area contributed by atoms with Crippen molar-refractivity contribution in [1.82, 2.24) is 9.97 Å². The molecule has 0 saturated heterocycles. The van der Waals surface area contributed by atoms with Crippen molar-refractivity contribution in [2.45, 2.75) is 6.92 Å². The molecule has 0 aliphatic rings. The van der Waals surface area contributed by atoms with Crippen LogP contribution in [0.5, 0.6) is 0 Å². The highest BCUT2D eigenvalue weighted by Gasteiger charge is 2.17. The van der Waals surface area contributed by atoms with Gasteiger partial charge in [0.1, 0.15) is 5.76 Å². The molecular formula is C22H16N4O3. The molecule has 7 nitrogen and oxygen atoms in total. The van der Waals surface area contributed by atoms with Crippen LogP contribution in [0.2, 0.25) is 0 Å². The van der Waals surface area contributed by atoms with Crippen molar-refractivity contribution < 1.29 is 9.34 Å². The van der Waals surface area contributed by atoms with E-state index >= 15 is 0 Å². The SMILES string of the molecule is Cc1ccc(-c2cc(-c3ccccc3[N+](=O)[O-])nc(/N=C\c3ccco3)n2)cc1. The van der Waals surface area contributed by atoms with Crippen molar-refractivity contribution in [1.29, 1.82) is 0 Å². The van der Waals surface area contributed by atoms with Gasteiger partial charge in [0.15, 0.2) is 0 Å². The highest BCUT2D eigenvalue weighted by atomic mass is 16.6. The number of nitro benzene ring substituents is 1. The van der Waals surface area contributed by atoms with Crippen molar-refractivity contribution in [3.05, 3.63) is 94.4 Å². The second-order valence-electron chi connectivity index (χ2n) is 6.35. The summed E-state index contributed by atoms with van der Waals surface area (Å²) in [5.74, 6) is 0.745. The van der Waals surface area contributed by atoms with Gasteiger partial charge in [-0.25, -0.2) is 15.0 Å². The highest BCUT2D eigenvalue weighted by molar-refractivity contribution is 5.79. The molecule has 4 aromatic rings. The lowest BCUT2D eigenvalue weighted by Gasteiger charge is -2.07. The molecule has 0 amide bonds. The van der Waals surface area contributed by atoms with Gasteiger partial charge in [0.25, 0.3) is 11.6 Å². The van der Waals surface area contributed by atoms with E-state index in [0.717, 1.165) is 11.1 Å². The van der Waals surface area contributed by atoms with Gasteiger partial charge in [-0.15, -0.1) is 0 Å². The molecule has 29 heavy (non-hydrogen) atoms. The fourth-order valence-corrected chi connectivity index (χ4v) is 2.84. The summed E-state index contributed by atoms with van der Waals surface area (Å²) in [7, 11) is 0. The van der Waals surface area contributed by atoms with E-state index in [1.165, 1.54) is 12.3 Å². The fraction of sp³-hybridized carbons (Fsp3) is 0.0455. The van der Waals surface area contributed by atoms with E-state index in [4.69, 9.17) is 4.42 Å². The van der Waals surface area contributed by atoms with E-state index in [9.17, 15) is 10.1 Å². The summed E-state index contributed by atoms with van der Waals surface area (Å²) in [6, 6.07) is 19.6. The van der Waals surface area contributed by atoms with Crippen molar-refractivity contribution in [2.24, 2.45) is 4.99 Å². The van der Waals surface area contributed by atoms with Crippen molar-refractivity contribution in [3.8, 4) is 22.5 Å². The minimum Gasteiger partial charge on any atom is -0.463 e. The molecule has 2 aromatic heterocycles. The van der Waals surface area contributed by atoms with Gasteiger partial charge >= 0.3 is 0 Å². The smallest absolute Gasteiger partial charge is 0.278 e. The first-order valence-electron chi connectivity index (χ1n) is 8.87. The first-order valence-corrected chi connectivity index (χ1v) is 8.87. The Hall–Kier alpha value is -4.13. The molecule has 142 valence electrons. The third-order valence-corrected chi connectivity index (χ3v) is 4.29. The minimum absolute atomic E-state index is 0.0259. The molecule has 0 fully saturated rings. The Morgan fingerprint density at radius 1 is 1.00 bits per heavy atom. The number of rotatable bonds is 5. The number of para-hydroxylation sites is 1. The monoisotopic (exact) mass is 384 g/mol. The molecular weight excluding hydrogens is 368 g/mol. The van der Waals surface area contributed by atoms with Gasteiger partial charge in [-0.3, -0.25) is 10.1 Å². The maximum absolute atomic E-state index is 11.5. The zero-order valence-electron chi connectivity index (χ0n) is 15.5. The van der Waals surface area contributed by atoms with Crippen molar-refractivity contribution in [2.75, 3.05) is 0 Å². The lowest BCUT2D eigenvalue weighted by Crippen LogP contribution is -1.96. The molecule has 0 saturated carbocycles. The van der Waals surface area contributed by atoms with Gasteiger partial charge < -0.3 is 4.42 Å². The van der Waals surface area contributed by atoms with Gasteiger partial charge in [0.05, 0.1) is 34.4 Å². The molecule has 0 unspecified atom stereocenters. The Kier molecular flexibility index (Phi) is 4.94. The Labute approximate surface area is 166 Å². The van der Waals surface area contributed by atoms with Gasteiger partial charge in [-0.1, -0.05) is 42.0 Å². The Morgan fingerprint density at radius 2 is 1.76 bits per heavy atom. The molecule has 0 N–H and O–H groups in total. The average molecular weight is 384 g/mol. The first-order chi connectivity index (χ1) is 14.1. The van der Waals surface area contributed by atoms with Gasteiger partial charge in [0.2, 0.25) is 0 Å². The van der Waals surface area contributed by atoms with Crippen LogP contribution in [0.3, 0.4) is 0 Å². The maximum atomic E-state index is 11.5. The molecule has 4 rings (SSSR count). The number of aromatic nitrogens is 2. The van der Waals surface area contributed by atoms with Crippen LogP contribution in [-0.4, -0.2) is 21.1 Å². The molecule has 2 aromatic carbocycles. The number of aryl methyl sites for hydroxylation is 1. The van der Waals surface area contributed by atoms with E-state index in [-0.39, 0.29) is 11.6 Å². The van der Waals surface area contributed by atoms with E-state index in [0.29, 0.717) is 22.7 Å². The molecule has 0 bridgehead atoms. The lowest BCUT2D eigenvalue weighted by atomic mass is 10.1. The van der Waals surface area contributed by atoms with E-state index in [1.54, 1.807) is 42.7 Å². The number of hydrogen-bond acceptors (Lipinski definition) is 6. The average Bonchev–Trinajstić information content (AvgIpc) is 3.26. The fourth-order valence-electron chi connectivity index (χ4n) is 2.84. The molecule has 2 heterocycles. The van der Waals surface area contributed by atoms with Crippen LogP contribution in [0.25, 0.3) is 22.5 Å². The quantitative estimate of drug-likeness (QED) is 0.262. The molecule has 0 atom stereocenters. The largest absolute Gasteiger partial charge is 0.463 e. The Morgan fingerprint density at radius 3 is 2.48 bits per heavy atom. The van der Waals surface area contributed by atoms with E-state index in [2.05, 4.69) is 15.0 Å². The van der Waals surface area contributed by atoms with Gasteiger partial charge in [-0.05, 0) is 31.2 Å². The third-order valence-electron chi connectivity index (χ3n) is 4.29. The van der Waals surface area contributed by atoms with E-state index in [1.807, 2.05) is 31.2 Å². The van der Waals surface area contributed by atoms with Crippen LogP contribution in [-0.2, 0) is 0 Å². The first kappa shape index (κ1) is 18.2. The van der Waals surface area contributed by atoms with Crippen LogP contribution < -0.4 is 0 Å². The summed E-state index contributed by atoms with van der Waals surface area (Å²) in [6.07, 6.45) is 3.06. The van der Waals surface area contributed by atoms with Crippen LogP contribution >= 0.6 is 0 Å². The zero-order valence-corrected chi connectivity index (χ0v) is 15.5. The summed E-state index contributed by atoms with van der Waals surface area (Å²) in [6.45, 7) is 2.00. The number of hydrogen-bond donors (Lipinski definition) is 0. The van der Waals surface area contributed by atoms with Gasteiger partial charge in [0, 0.05) is 11.6 Å². The number of nitro groups is 1. The maximum Gasteiger partial charge on any atom is 0.278 e. The molecule has 7 heteroatoms. The minimum atomic E-state index is -0.422. The van der Waals surface area contributed by atoms with Crippen LogP contribution in [0.4, 0.5) is 11.6 Å². The van der Waals surface area contributed by atoms with Crippen LogP contribution in [0.15, 0.2) is 82.4 Å².